The van der Waals surface area contributed by atoms with Gasteiger partial charge in [0.05, 0.1) is 12.2 Å². The quantitative estimate of drug-likeness (QED) is 0.441. The van der Waals surface area contributed by atoms with Crippen LogP contribution in [0.1, 0.15) is 28.8 Å². The van der Waals surface area contributed by atoms with Gasteiger partial charge in [0.25, 0.3) is 5.91 Å². The summed E-state index contributed by atoms with van der Waals surface area (Å²) < 4.78 is 10.6. The highest BCUT2D eigenvalue weighted by atomic mass is 32.1. The number of anilines is 2. The minimum Gasteiger partial charge on any atom is -0.490 e. The first-order chi connectivity index (χ1) is 14.5. The summed E-state index contributed by atoms with van der Waals surface area (Å²) in [4.78, 5) is 24.7. The van der Waals surface area contributed by atoms with E-state index in [1.54, 1.807) is 37.4 Å². The van der Waals surface area contributed by atoms with Crippen molar-refractivity contribution < 1.29 is 19.1 Å². The van der Waals surface area contributed by atoms with Gasteiger partial charge in [-0.05, 0) is 61.8 Å². The molecule has 0 bridgehead atoms. The van der Waals surface area contributed by atoms with Gasteiger partial charge in [0.2, 0.25) is 5.91 Å². The summed E-state index contributed by atoms with van der Waals surface area (Å²) in [7, 11) is 1.58. The van der Waals surface area contributed by atoms with Gasteiger partial charge in [-0.3, -0.25) is 14.9 Å². The summed E-state index contributed by atoms with van der Waals surface area (Å²) in [6.07, 6.45) is 1.88. The normalized spacial score (nSPS) is 12.7. The van der Waals surface area contributed by atoms with E-state index in [0.717, 1.165) is 24.1 Å². The van der Waals surface area contributed by atoms with Gasteiger partial charge in [-0.25, -0.2) is 0 Å². The number of para-hydroxylation sites is 1. The summed E-state index contributed by atoms with van der Waals surface area (Å²) in [5.41, 5.74) is 2.72. The van der Waals surface area contributed by atoms with Crippen LogP contribution in [0.4, 0.5) is 11.4 Å². The smallest absolute Gasteiger partial charge is 0.261 e. The molecule has 2 amide bonds. The number of methoxy groups -OCH3 is 1. The number of ether oxygens (including phenoxy) is 2. The van der Waals surface area contributed by atoms with Crippen molar-refractivity contribution in [1.29, 1.82) is 0 Å². The lowest BCUT2D eigenvalue weighted by molar-refractivity contribution is -0.117. The zero-order valence-corrected chi connectivity index (χ0v) is 17.8. The number of carbonyl (C=O) groups is 2. The second-order valence-corrected chi connectivity index (χ2v) is 7.45. The van der Waals surface area contributed by atoms with E-state index in [0.29, 0.717) is 30.2 Å². The Morgan fingerprint density at radius 1 is 1.10 bits per heavy atom. The molecule has 0 heterocycles. The van der Waals surface area contributed by atoms with E-state index in [4.69, 9.17) is 21.7 Å². The molecule has 0 aliphatic heterocycles. The van der Waals surface area contributed by atoms with Crippen molar-refractivity contribution in [3.8, 4) is 5.75 Å². The number of carbonyl (C=O) groups excluding carboxylic acids is 2. The highest BCUT2D eigenvalue weighted by Crippen LogP contribution is 2.31. The first kappa shape index (κ1) is 21.7. The summed E-state index contributed by atoms with van der Waals surface area (Å²) in [6.45, 7) is 2.68. The fraction of sp³-hybridized carbons (Fsp3) is 0.318. The average molecular weight is 428 g/mol. The predicted molar refractivity (Wildman–Crippen MR) is 120 cm³/mol. The molecule has 8 heteroatoms. The molecule has 158 valence electrons. The largest absolute Gasteiger partial charge is 0.490 e. The molecule has 7 nitrogen and oxygen atoms in total. The van der Waals surface area contributed by atoms with Crippen LogP contribution < -0.4 is 20.7 Å². The van der Waals surface area contributed by atoms with Crippen LogP contribution in [0.5, 0.6) is 5.75 Å². The summed E-state index contributed by atoms with van der Waals surface area (Å²) in [5, 5.41) is 8.74. The lowest BCUT2D eigenvalue weighted by Crippen LogP contribution is -2.34. The lowest BCUT2D eigenvalue weighted by Gasteiger charge is -2.14. The Kier molecular flexibility index (Phi) is 7.37. The Balaban J connectivity index is 1.61. The molecule has 0 saturated heterocycles. The van der Waals surface area contributed by atoms with Crippen LogP contribution in [0.3, 0.4) is 0 Å². The molecule has 2 aromatic rings. The van der Waals surface area contributed by atoms with E-state index < -0.39 is 0 Å². The number of hydrogen-bond donors (Lipinski definition) is 3. The van der Waals surface area contributed by atoms with E-state index in [-0.39, 0.29) is 22.8 Å². The first-order valence-corrected chi connectivity index (χ1v) is 10.1. The van der Waals surface area contributed by atoms with Crippen molar-refractivity contribution in [2.75, 3.05) is 31.0 Å². The minimum absolute atomic E-state index is 0.0382. The van der Waals surface area contributed by atoms with E-state index in [2.05, 4.69) is 16.0 Å². The van der Waals surface area contributed by atoms with Crippen LogP contribution >= 0.6 is 12.2 Å². The molecule has 0 atom stereocenters. The van der Waals surface area contributed by atoms with E-state index in [1.807, 2.05) is 19.1 Å². The maximum atomic E-state index is 12.6. The molecular formula is C22H25N3O4S. The minimum atomic E-state index is -0.380. The van der Waals surface area contributed by atoms with E-state index >= 15 is 0 Å². The van der Waals surface area contributed by atoms with Crippen LogP contribution in [0.2, 0.25) is 0 Å². The molecular weight excluding hydrogens is 402 g/mol. The van der Waals surface area contributed by atoms with Crippen molar-refractivity contribution in [2.45, 2.75) is 19.8 Å². The van der Waals surface area contributed by atoms with Crippen molar-refractivity contribution in [3.05, 3.63) is 53.6 Å². The first-order valence-electron chi connectivity index (χ1n) is 9.72. The Hall–Kier alpha value is -2.97. The Morgan fingerprint density at radius 2 is 1.87 bits per heavy atom. The number of thiocarbonyl (C=S) groups is 1. The van der Waals surface area contributed by atoms with E-state index in [1.165, 1.54) is 0 Å². The van der Waals surface area contributed by atoms with Crippen LogP contribution in [-0.4, -0.2) is 37.3 Å². The van der Waals surface area contributed by atoms with Gasteiger partial charge in [0.15, 0.2) is 5.11 Å². The van der Waals surface area contributed by atoms with Gasteiger partial charge in [0, 0.05) is 24.4 Å². The molecule has 0 unspecified atom stereocenters. The second-order valence-electron chi connectivity index (χ2n) is 7.04. The molecule has 0 radical (unpaired) electrons. The molecule has 3 rings (SSSR count). The third-order valence-corrected chi connectivity index (χ3v) is 4.81. The summed E-state index contributed by atoms with van der Waals surface area (Å²) in [6, 6.07) is 12.4. The van der Waals surface area contributed by atoms with Crippen LogP contribution in [0.15, 0.2) is 42.5 Å². The SMILES string of the molecule is COCCOc1ccccc1C(=O)NC(=S)Nc1ccc(C)c(NC(=O)C2CC2)c1. The molecule has 1 saturated carbocycles. The third-order valence-electron chi connectivity index (χ3n) is 4.61. The van der Waals surface area contributed by atoms with Gasteiger partial charge < -0.3 is 20.1 Å². The molecule has 1 fully saturated rings. The fourth-order valence-corrected chi connectivity index (χ4v) is 2.97. The monoisotopic (exact) mass is 427 g/mol. The molecule has 1 aliphatic rings. The van der Waals surface area contributed by atoms with Crippen molar-refractivity contribution >= 4 is 40.5 Å². The summed E-state index contributed by atoms with van der Waals surface area (Å²) >= 11 is 5.29. The number of benzene rings is 2. The molecule has 1 aliphatic carbocycles. The molecule has 30 heavy (non-hydrogen) atoms. The van der Waals surface area contributed by atoms with Gasteiger partial charge in [0.1, 0.15) is 12.4 Å². The highest BCUT2D eigenvalue weighted by molar-refractivity contribution is 7.80. The van der Waals surface area contributed by atoms with Crippen LogP contribution in [0.25, 0.3) is 0 Å². The van der Waals surface area contributed by atoms with Gasteiger partial charge in [-0.15, -0.1) is 0 Å². The second kappa shape index (κ2) is 10.2. The molecule has 0 aromatic heterocycles. The summed E-state index contributed by atoms with van der Waals surface area (Å²) in [5.74, 6) is 0.230. The standard InChI is InChI=1S/C22H25N3O4S/c1-14-7-10-16(13-18(14)24-20(26)15-8-9-15)23-22(30)25-21(27)17-5-3-4-6-19(17)29-12-11-28-2/h3-7,10,13,15H,8-9,11-12H2,1-2H3,(H,24,26)(H2,23,25,27,30). The Bertz CT molecular complexity index is 944. The Labute approximate surface area is 181 Å². The number of nitrogens with one attached hydrogen (secondary N) is 3. The highest BCUT2D eigenvalue weighted by Gasteiger charge is 2.29. The van der Waals surface area contributed by atoms with Crippen LogP contribution in [-0.2, 0) is 9.53 Å². The zero-order chi connectivity index (χ0) is 21.5. The van der Waals surface area contributed by atoms with Crippen LogP contribution in [0, 0.1) is 12.8 Å². The fourth-order valence-electron chi connectivity index (χ4n) is 2.76. The topological polar surface area (TPSA) is 88.7 Å². The van der Waals surface area contributed by atoms with Crippen molar-refractivity contribution in [1.82, 2.24) is 5.32 Å². The van der Waals surface area contributed by atoms with Crippen molar-refractivity contribution in [3.63, 3.8) is 0 Å². The van der Waals surface area contributed by atoms with Gasteiger partial charge in [-0.1, -0.05) is 18.2 Å². The maximum absolute atomic E-state index is 12.6. The number of amides is 2. The maximum Gasteiger partial charge on any atom is 0.261 e. The predicted octanol–water partition coefficient (Wildman–Crippen LogP) is 3.50. The number of hydrogen-bond acceptors (Lipinski definition) is 5. The Morgan fingerprint density at radius 3 is 2.60 bits per heavy atom. The average Bonchev–Trinajstić information content (AvgIpc) is 3.56. The third kappa shape index (κ3) is 6.01. The van der Waals surface area contributed by atoms with Gasteiger partial charge in [-0.2, -0.15) is 0 Å². The van der Waals surface area contributed by atoms with E-state index in [9.17, 15) is 9.59 Å². The molecule has 2 aromatic carbocycles. The number of rotatable bonds is 8. The number of aryl methyl sites for hydroxylation is 1. The van der Waals surface area contributed by atoms with Gasteiger partial charge >= 0.3 is 0 Å². The lowest BCUT2D eigenvalue weighted by atomic mass is 10.1. The van der Waals surface area contributed by atoms with Crippen molar-refractivity contribution in [2.24, 2.45) is 5.92 Å². The molecule has 0 spiro atoms. The zero-order valence-electron chi connectivity index (χ0n) is 17.0. The molecule has 3 N–H and O–H groups in total.